The van der Waals surface area contributed by atoms with Crippen molar-refractivity contribution < 1.29 is 38.9 Å². The van der Waals surface area contributed by atoms with Crippen LogP contribution in [0.25, 0.3) is 0 Å². The molecule has 0 radical (unpaired) electrons. The lowest BCUT2D eigenvalue weighted by atomic mass is 10.1. The normalized spacial score (nSPS) is 25.7. The molecule has 0 aliphatic carbocycles. The largest absolute Gasteiger partial charge is 0.477 e. The lowest BCUT2D eigenvalue weighted by Crippen LogP contribution is -2.46. The molecule has 9 nitrogen and oxygen atoms in total. The number of nitrogens with one attached hydrogen (secondary N) is 1. The third kappa shape index (κ3) is 3.53. The van der Waals surface area contributed by atoms with Gasteiger partial charge in [-0.25, -0.2) is 9.59 Å². The Balaban J connectivity index is 1.67. The van der Waals surface area contributed by atoms with Crippen LogP contribution in [0.15, 0.2) is 42.9 Å². The number of hydrogen-bond acceptors (Lipinski definition) is 6. The molecule has 4 atom stereocenters. The molecule has 4 N–H and O–H groups in total. The predicted molar refractivity (Wildman–Crippen MR) is 80.6 cm³/mol. The molecule has 2 aromatic heterocycles. The maximum Gasteiger partial charge on any atom is 0.354 e. The van der Waals surface area contributed by atoms with Crippen molar-refractivity contribution in [2.75, 3.05) is 6.61 Å². The zero-order chi connectivity index (χ0) is 18.0. The lowest BCUT2D eigenvalue weighted by molar-refractivity contribution is -0.765. The second kappa shape index (κ2) is 7.01. The van der Waals surface area contributed by atoms with Crippen LogP contribution in [0.1, 0.15) is 27.1 Å². The Morgan fingerprint density at radius 3 is 2.72 bits per heavy atom. The molecule has 0 saturated carbocycles. The summed E-state index contributed by atoms with van der Waals surface area (Å²) < 4.78 is 12.0. The summed E-state index contributed by atoms with van der Waals surface area (Å²) in [6, 6.07) is 6.07. The van der Waals surface area contributed by atoms with Crippen molar-refractivity contribution in [3.05, 3.63) is 54.1 Å². The van der Waals surface area contributed by atoms with Gasteiger partial charge in [-0.05, 0) is 18.2 Å². The van der Waals surface area contributed by atoms with Crippen LogP contribution in [-0.2, 0) is 9.47 Å². The minimum atomic E-state index is -1.30. The van der Waals surface area contributed by atoms with Crippen LogP contribution in [0.2, 0.25) is 0 Å². The van der Waals surface area contributed by atoms with E-state index in [1.165, 1.54) is 29.1 Å². The molecule has 132 valence electrons. The fourth-order valence-electron chi connectivity index (χ4n) is 2.58. The van der Waals surface area contributed by atoms with Crippen molar-refractivity contribution in [2.45, 2.75) is 24.5 Å². The Hall–Kier alpha value is -2.75. The van der Waals surface area contributed by atoms with Crippen LogP contribution in [0.3, 0.4) is 0 Å². The van der Waals surface area contributed by atoms with E-state index >= 15 is 0 Å². The maximum atomic E-state index is 11.8. The first-order valence-corrected chi connectivity index (χ1v) is 7.53. The monoisotopic (exact) mass is 349 g/mol. The molecule has 1 aliphatic heterocycles. The number of aromatic amines is 1. The second-order valence-corrected chi connectivity index (χ2v) is 5.57. The molecule has 25 heavy (non-hydrogen) atoms. The van der Waals surface area contributed by atoms with Crippen molar-refractivity contribution in [2.24, 2.45) is 0 Å². The van der Waals surface area contributed by atoms with E-state index in [1.807, 2.05) is 0 Å². The minimum absolute atomic E-state index is 0.00872. The summed E-state index contributed by atoms with van der Waals surface area (Å²) >= 11 is 0. The number of aromatic carboxylic acids is 1. The third-order valence-electron chi connectivity index (χ3n) is 3.90. The van der Waals surface area contributed by atoms with E-state index in [0.717, 1.165) is 0 Å². The van der Waals surface area contributed by atoms with Gasteiger partial charge in [0, 0.05) is 12.3 Å². The molecule has 0 aromatic carbocycles. The van der Waals surface area contributed by atoms with Crippen molar-refractivity contribution in [3.8, 4) is 0 Å². The average Bonchev–Trinajstić information content (AvgIpc) is 3.23. The lowest BCUT2D eigenvalue weighted by Gasteiger charge is -2.13. The van der Waals surface area contributed by atoms with Gasteiger partial charge >= 0.3 is 11.9 Å². The van der Waals surface area contributed by atoms with Crippen molar-refractivity contribution >= 4 is 11.9 Å². The Labute approximate surface area is 142 Å². The highest BCUT2D eigenvalue weighted by atomic mass is 16.6. The summed E-state index contributed by atoms with van der Waals surface area (Å²) in [6.45, 7) is -0.258. The highest BCUT2D eigenvalue weighted by Crippen LogP contribution is 2.26. The Bertz CT molecular complexity index is 762. The first-order valence-electron chi connectivity index (χ1n) is 7.53. The van der Waals surface area contributed by atoms with E-state index in [4.69, 9.17) is 14.6 Å². The Morgan fingerprint density at radius 1 is 1.24 bits per heavy atom. The van der Waals surface area contributed by atoms with Crippen LogP contribution >= 0.6 is 0 Å². The van der Waals surface area contributed by atoms with E-state index in [-0.39, 0.29) is 17.9 Å². The molecular weight excluding hydrogens is 332 g/mol. The molecule has 1 aliphatic rings. The van der Waals surface area contributed by atoms with Crippen molar-refractivity contribution in [3.63, 3.8) is 0 Å². The number of carboxylic acid groups (broad SMARTS) is 1. The van der Waals surface area contributed by atoms with Gasteiger partial charge in [0.25, 0.3) is 6.23 Å². The average molecular weight is 349 g/mol. The van der Waals surface area contributed by atoms with Gasteiger partial charge in [0.15, 0.2) is 18.5 Å². The molecule has 0 bridgehead atoms. The first-order chi connectivity index (χ1) is 12.0. The first kappa shape index (κ1) is 17.1. The second-order valence-electron chi connectivity index (χ2n) is 5.57. The Kier molecular flexibility index (Phi) is 4.79. The van der Waals surface area contributed by atoms with Crippen LogP contribution in [0, 0.1) is 0 Å². The van der Waals surface area contributed by atoms with Crippen LogP contribution in [0.4, 0.5) is 0 Å². The SMILES string of the molecule is O=C(O)c1ccc[n+]([C@H]2O[C@H](COC(=O)c3ccc[nH]3)[C@@H](O)[C@H]2O)c1. The van der Waals surface area contributed by atoms with E-state index in [1.54, 1.807) is 18.3 Å². The van der Waals surface area contributed by atoms with E-state index in [0.29, 0.717) is 0 Å². The van der Waals surface area contributed by atoms with Crippen LogP contribution < -0.4 is 4.57 Å². The van der Waals surface area contributed by atoms with Gasteiger partial charge in [-0.15, -0.1) is 0 Å². The molecular formula is C16H17N2O7+. The van der Waals surface area contributed by atoms with E-state index in [9.17, 15) is 19.8 Å². The zero-order valence-corrected chi connectivity index (χ0v) is 13.0. The van der Waals surface area contributed by atoms with Gasteiger partial charge < -0.3 is 29.8 Å². The molecule has 0 spiro atoms. The minimum Gasteiger partial charge on any atom is -0.477 e. The number of aliphatic hydroxyl groups excluding tert-OH is 2. The van der Waals surface area contributed by atoms with Gasteiger partial charge in [-0.2, -0.15) is 4.57 Å². The molecule has 0 amide bonds. The fourth-order valence-corrected chi connectivity index (χ4v) is 2.58. The Morgan fingerprint density at radius 2 is 2.04 bits per heavy atom. The summed E-state index contributed by atoms with van der Waals surface area (Å²) in [7, 11) is 0. The summed E-state index contributed by atoms with van der Waals surface area (Å²) in [4.78, 5) is 25.5. The number of carbonyl (C=O) groups excluding carboxylic acids is 1. The highest BCUT2D eigenvalue weighted by molar-refractivity contribution is 5.87. The number of aliphatic hydroxyl groups is 2. The smallest absolute Gasteiger partial charge is 0.354 e. The zero-order valence-electron chi connectivity index (χ0n) is 13.0. The molecule has 3 heterocycles. The molecule has 0 unspecified atom stereocenters. The molecule has 1 fully saturated rings. The van der Waals surface area contributed by atoms with Gasteiger partial charge in [-0.1, -0.05) is 0 Å². The van der Waals surface area contributed by atoms with Gasteiger partial charge in [0.05, 0.1) is 0 Å². The standard InChI is InChI=1S/C16H16N2O7/c19-12-11(8-24-16(23)10-4-1-5-17-10)25-14(13(12)20)18-6-2-3-9(7-18)15(21)22/h1-7,11-14,19-20H,8H2,(H-,17,21,22,23)/p+1/t11-,12-,13-,14+/m1/s1. The summed E-state index contributed by atoms with van der Waals surface area (Å²) in [5.74, 6) is -1.74. The summed E-state index contributed by atoms with van der Waals surface area (Å²) in [6.07, 6.45) is -0.158. The topological polar surface area (TPSA) is 133 Å². The van der Waals surface area contributed by atoms with Crippen molar-refractivity contribution in [1.82, 2.24) is 4.98 Å². The molecule has 2 aromatic rings. The van der Waals surface area contributed by atoms with E-state index in [2.05, 4.69) is 4.98 Å². The predicted octanol–water partition coefficient (Wildman–Crippen LogP) is -0.523. The number of hydrogen-bond donors (Lipinski definition) is 4. The summed E-state index contributed by atoms with van der Waals surface area (Å²) in [5.41, 5.74) is 0.266. The van der Waals surface area contributed by atoms with Gasteiger partial charge in [0.2, 0.25) is 0 Å². The number of nitrogens with zero attached hydrogens (tertiary/aromatic N) is 1. The number of carboxylic acids is 1. The van der Waals surface area contributed by atoms with Gasteiger partial charge in [0.1, 0.15) is 30.1 Å². The molecule has 1 saturated heterocycles. The maximum absolute atomic E-state index is 11.8. The quantitative estimate of drug-likeness (QED) is 0.421. The third-order valence-corrected chi connectivity index (χ3v) is 3.90. The van der Waals surface area contributed by atoms with Crippen LogP contribution in [0.5, 0.6) is 0 Å². The number of pyridine rings is 1. The number of ether oxygens (including phenoxy) is 2. The molecule has 3 rings (SSSR count). The number of aromatic nitrogens is 2. The number of H-pyrrole nitrogens is 1. The number of carbonyl (C=O) groups is 2. The van der Waals surface area contributed by atoms with Gasteiger partial charge in [-0.3, -0.25) is 0 Å². The number of esters is 1. The molecule has 9 heteroatoms. The highest BCUT2D eigenvalue weighted by Gasteiger charge is 2.48. The van der Waals surface area contributed by atoms with Crippen LogP contribution in [-0.4, -0.2) is 57.2 Å². The number of rotatable bonds is 5. The fraction of sp³-hybridized carbons (Fsp3) is 0.312. The van der Waals surface area contributed by atoms with E-state index < -0.39 is 36.5 Å². The summed E-state index contributed by atoms with van der Waals surface area (Å²) in [5, 5.41) is 29.3. The van der Waals surface area contributed by atoms with Crippen molar-refractivity contribution in [1.29, 1.82) is 0 Å².